The van der Waals surface area contributed by atoms with Gasteiger partial charge < -0.3 is 20.0 Å². The number of imidazole rings is 1. The van der Waals surface area contributed by atoms with Crippen molar-refractivity contribution < 1.29 is 14.8 Å². The average Bonchev–Trinajstić information content (AvgIpc) is 2.82. The Morgan fingerprint density at radius 2 is 2.56 bits per heavy atom. The quantitative estimate of drug-likeness (QED) is 0.482. The van der Waals surface area contributed by atoms with E-state index in [-0.39, 0.29) is 17.9 Å². The van der Waals surface area contributed by atoms with Gasteiger partial charge in [0.2, 0.25) is 0 Å². The fraction of sp³-hybridized carbons (Fsp3) is 0.625. The third kappa shape index (κ3) is 1.89. The summed E-state index contributed by atoms with van der Waals surface area (Å²) in [4.78, 5) is 13.7. The van der Waals surface area contributed by atoms with Gasteiger partial charge in [-0.15, -0.1) is 11.6 Å². The van der Waals surface area contributed by atoms with Crippen molar-refractivity contribution in [2.24, 2.45) is 0 Å². The Balaban J connectivity index is 2.20. The summed E-state index contributed by atoms with van der Waals surface area (Å²) in [6.07, 6.45) is 2.17. The molecule has 1 aliphatic heterocycles. The van der Waals surface area contributed by atoms with E-state index in [9.17, 15) is 10.1 Å². The van der Waals surface area contributed by atoms with Gasteiger partial charge in [0.05, 0.1) is 12.0 Å². The van der Waals surface area contributed by atoms with E-state index in [1.54, 1.807) is 0 Å². The second kappa shape index (κ2) is 4.36. The molecule has 2 heterocycles. The van der Waals surface area contributed by atoms with E-state index in [0.29, 0.717) is 6.42 Å². The number of halogens is 1. The standard InChI is InChI=1S/C8H10ClN3O4/c9-5-3-7(16-6(5)4-13)11-2-1-10-8(11)12(14)15/h1-2,5-7,13H,3-4H2/t5-,6?,7+/m0/s1. The molecule has 0 amide bonds. The lowest BCUT2D eigenvalue weighted by Gasteiger charge is -2.10. The third-order valence-corrected chi connectivity index (χ3v) is 2.92. The zero-order chi connectivity index (χ0) is 11.7. The molecule has 1 N–H and O–H groups in total. The summed E-state index contributed by atoms with van der Waals surface area (Å²) in [5.74, 6) is -0.285. The zero-order valence-corrected chi connectivity index (χ0v) is 8.95. The molecule has 0 saturated carbocycles. The number of aliphatic hydroxyl groups is 1. The van der Waals surface area contributed by atoms with Crippen LogP contribution >= 0.6 is 11.6 Å². The lowest BCUT2D eigenvalue weighted by molar-refractivity contribution is -0.398. The van der Waals surface area contributed by atoms with E-state index in [1.807, 2.05) is 0 Å². The van der Waals surface area contributed by atoms with Crippen LogP contribution in [0.2, 0.25) is 0 Å². The summed E-state index contributed by atoms with van der Waals surface area (Å²) < 4.78 is 6.71. The number of nitrogens with zero attached hydrogens (tertiary/aromatic N) is 3. The van der Waals surface area contributed by atoms with Crippen molar-refractivity contribution >= 4 is 17.5 Å². The minimum absolute atomic E-state index is 0.201. The lowest BCUT2D eigenvalue weighted by atomic mass is 10.2. The molecule has 1 aromatic rings. The van der Waals surface area contributed by atoms with Crippen LogP contribution in [0, 0.1) is 10.1 Å². The number of alkyl halides is 1. The second-order valence-corrected chi connectivity index (χ2v) is 4.02. The fourth-order valence-corrected chi connectivity index (χ4v) is 1.99. The van der Waals surface area contributed by atoms with Crippen LogP contribution in [-0.2, 0) is 4.74 Å². The van der Waals surface area contributed by atoms with E-state index in [2.05, 4.69) is 4.98 Å². The number of ether oxygens (including phenoxy) is 1. The summed E-state index contributed by atoms with van der Waals surface area (Å²) in [5, 5.41) is 19.3. The third-order valence-electron chi connectivity index (χ3n) is 2.46. The van der Waals surface area contributed by atoms with Crippen molar-refractivity contribution in [2.75, 3.05) is 6.61 Å². The molecule has 0 aliphatic carbocycles. The van der Waals surface area contributed by atoms with Gasteiger partial charge in [-0.2, -0.15) is 0 Å². The average molecular weight is 248 g/mol. The van der Waals surface area contributed by atoms with Crippen LogP contribution in [0.1, 0.15) is 12.6 Å². The highest BCUT2D eigenvalue weighted by molar-refractivity contribution is 6.21. The van der Waals surface area contributed by atoms with Gasteiger partial charge >= 0.3 is 5.95 Å². The minimum Gasteiger partial charge on any atom is -0.394 e. The largest absolute Gasteiger partial charge is 0.436 e. The van der Waals surface area contributed by atoms with Crippen LogP contribution in [0.4, 0.5) is 5.95 Å². The van der Waals surface area contributed by atoms with Crippen LogP contribution in [0.15, 0.2) is 12.4 Å². The normalized spacial score (nSPS) is 29.5. The first-order chi connectivity index (χ1) is 7.63. The predicted molar refractivity (Wildman–Crippen MR) is 54.1 cm³/mol. The maximum absolute atomic E-state index is 10.7. The number of nitro groups is 1. The molecule has 7 nitrogen and oxygen atoms in total. The van der Waals surface area contributed by atoms with Crippen LogP contribution in [-0.4, -0.2) is 37.7 Å². The Morgan fingerprint density at radius 3 is 3.12 bits per heavy atom. The monoisotopic (exact) mass is 247 g/mol. The van der Waals surface area contributed by atoms with Crippen molar-refractivity contribution in [3.8, 4) is 0 Å². The molecule has 0 bridgehead atoms. The molecule has 1 saturated heterocycles. The van der Waals surface area contributed by atoms with Gasteiger partial charge in [0.1, 0.15) is 18.5 Å². The zero-order valence-electron chi connectivity index (χ0n) is 8.19. The van der Waals surface area contributed by atoms with E-state index in [0.717, 1.165) is 0 Å². The van der Waals surface area contributed by atoms with Gasteiger partial charge in [-0.25, -0.2) is 4.57 Å². The molecule has 1 aliphatic rings. The molecule has 1 unspecified atom stereocenters. The number of rotatable bonds is 3. The van der Waals surface area contributed by atoms with Crippen molar-refractivity contribution in [2.45, 2.75) is 24.1 Å². The molecule has 2 rings (SSSR count). The van der Waals surface area contributed by atoms with Crippen LogP contribution in [0.3, 0.4) is 0 Å². The first-order valence-electron chi connectivity index (χ1n) is 4.71. The van der Waals surface area contributed by atoms with E-state index < -0.39 is 17.3 Å². The highest BCUT2D eigenvalue weighted by Gasteiger charge is 2.38. The van der Waals surface area contributed by atoms with Crippen molar-refractivity contribution in [3.05, 3.63) is 22.5 Å². The lowest BCUT2D eigenvalue weighted by Crippen LogP contribution is -2.20. The predicted octanol–water partition coefficient (Wildman–Crippen LogP) is 0.678. The summed E-state index contributed by atoms with van der Waals surface area (Å²) in [6.45, 7) is -0.201. The molecule has 8 heteroatoms. The van der Waals surface area contributed by atoms with Crippen molar-refractivity contribution in [1.82, 2.24) is 9.55 Å². The van der Waals surface area contributed by atoms with Crippen LogP contribution in [0.25, 0.3) is 0 Å². The number of aliphatic hydroxyl groups excluding tert-OH is 1. The van der Waals surface area contributed by atoms with E-state index >= 15 is 0 Å². The molecule has 16 heavy (non-hydrogen) atoms. The fourth-order valence-electron chi connectivity index (χ4n) is 1.69. The molecule has 0 radical (unpaired) electrons. The Kier molecular flexibility index (Phi) is 3.08. The van der Waals surface area contributed by atoms with Gasteiger partial charge in [-0.1, -0.05) is 4.98 Å². The van der Waals surface area contributed by atoms with Crippen LogP contribution in [0.5, 0.6) is 0 Å². The highest BCUT2D eigenvalue weighted by Crippen LogP contribution is 2.33. The van der Waals surface area contributed by atoms with Gasteiger partial charge in [0.15, 0.2) is 6.23 Å². The van der Waals surface area contributed by atoms with Gasteiger partial charge in [-0.3, -0.25) is 0 Å². The highest BCUT2D eigenvalue weighted by atomic mass is 35.5. The Labute approximate surface area is 95.8 Å². The summed E-state index contributed by atoms with van der Waals surface area (Å²) in [5.41, 5.74) is 0. The first kappa shape index (κ1) is 11.3. The topological polar surface area (TPSA) is 90.4 Å². The Morgan fingerprint density at radius 1 is 1.81 bits per heavy atom. The van der Waals surface area contributed by atoms with Crippen molar-refractivity contribution in [1.29, 1.82) is 0 Å². The van der Waals surface area contributed by atoms with Crippen LogP contribution < -0.4 is 0 Å². The number of hydrogen-bond donors (Lipinski definition) is 1. The molecule has 0 aromatic carbocycles. The smallest absolute Gasteiger partial charge is 0.394 e. The molecule has 1 fully saturated rings. The minimum atomic E-state index is -0.584. The van der Waals surface area contributed by atoms with E-state index in [1.165, 1.54) is 17.0 Å². The van der Waals surface area contributed by atoms with Gasteiger partial charge in [-0.05, 0) is 4.92 Å². The summed E-state index contributed by atoms with van der Waals surface area (Å²) in [7, 11) is 0. The first-order valence-corrected chi connectivity index (χ1v) is 5.14. The second-order valence-electron chi connectivity index (χ2n) is 3.46. The summed E-state index contributed by atoms with van der Waals surface area (Å²) in [6, 6.07) is 0. The molecule has 88 valence electrons. The molecule has 0 spiro atoms. The van der Waals surface area contributed by atoms with E-state index in [4.69, 9.17) is 21.4 Å². The maximum Gasteiger partial charge on any atom is 0.436 e. The van der Waals surface area contributed by atoms with Gasteiger partial charge in [0.25, 0.3) is 0 Å². The maximum atomic E-state index is 10.7. The molecular formula is C8H10ClN3O4. The molecular weight excluding hydrogens is 238 g/mol. The summed E-state index contributed by atoms with van der Waals surface area (Å²) >= 11 is 5.93. The SMILES string of the molecule is O=[N+]([O-])c1nccn1[C@H]1C[C@H](Cl)C(CO)O1. The molecule has 3 atom stereocenters. The molecule has 1 aromatic heterocycles. The van der Waals surface area contributed by atoms with Gasteiger partial charge in [0, 0.05) is 6.42 Å². The Bertz CT molecular complexity index is 396. The number of aromatic nitrogens is 2. The van der Waals surface area contributed by atoms with Crippen molar-refractivity contribution in [3.63, 3.8) is 0 Å². The number of hydrogen-bond acceptors (Lipinski definition) is 5. The Hall–Kier alpha value is -1.18.